The maximum atomic E-state index is 13.5. The molecule has 1 aromatic heterocycles. The second-order valence-electron chi connectivity index (χ2n) is 9.48. The summed E-state index contributed by atoms with van der Waals surface area (Å²) in [5, 5.41) is 3.85. The van der Waals surface area contributed by atoms with Gasteiger partial charge in [-0.25, -0.2) is 4.99 Å². The number of aliphatic imine (C=N–C) groups is 1. The average molecular weight is 651 g/mol. The second-order valence-corrected chi connectivity index (χ2v) is 11.7. The quantitative estimate of drug-likeness (QED) is 0.154. The Morgan fingerprint density at radius 2 is 1.72 bits per heavy atom. The van der Waals surface area contributed by atoms with E-state index in [4.69, 9.17) is 14.5 Å². The van der Waals surface area contributed by atoms with E-state index < -0.39 is 0 Å². The number of methoxy groups -OCH3 is 1. The Morgan fingerprint density at radius 1 is 1.00 bits per heavy atom. The number of carbonyl (C=O) groups excluding carboxylic acids is 1. The molecule has 5 rings (SSSR count). The maximum Gasteiger partial charge on any atom is 0.259 e. The predicted molar refractivity (Wildman–Crippen MR) is 168 cm³/mol. The lowest BCUT2D eigenvalue weighted by Crippen LogP contribution is -2.14. The molecule has 4 aromatic rings. The van der Waals surface area contributed by atoms with E-state index in [1.165, 1.54) is 17.7 Å². The van der Waals surface area contributed by atoms with Gasteiger partial charge in [-0.15, -0.1) is 11.3 Å². The number of rotatable bonds is 8. The Morgan fingerprint density at radius 3 is 2.46 bits per heavy atom. The number of halogens is 1. The number of thiophene rings is 1. The van der Waals surface area contributed by atoms with Gasteiger partial charge in [0.15, 0.2) is 11.5 Å². The first-order chi connectivity index (χ1) is 19.1. The fourth-order valence-electron chi connectivity index (χ4n) is 4.76. The number of carbonyl (C=O) groups is 1. The molecule has 5 nitrogen and oxygen atoms in total. The number of ether oxygens (including phenoxy) is 2. The van der Waals surface area contributed by atoms with E-state index in [0.29, 0.717) is 23.7 Å². The fraction of sp³-hybridized carbons (Fsp3) is 0.250. The molecule has 0 saturated heterocycles. The van der Waals surface area contributed by atoms with Crippen LogP contribution in [0.15, 0.2) is 77.8 Å². The van der Waals surface area contributed by atoms with Gasteiger partial charge < -0.3 is 14.8 Å². The minimum atomic E-state index is -0.0942. The zero-order valence-corrected chi connectivity index (χ0v) is 24.9. The van der Waals surface area contributed by atoms with E-state index in [1.807, 2.05) is 79.0 Å². The topological polar surface area (TPSA) is 59.9 Å². The first-order valence-corrected chi connectivity index (χ1v) is 15.1. The van der Waals surface area contributed by atoms with Crippen LogP contribution in [-0.2, 0) is 19.4 Å². The number of fused-ring (bicyclic) bond motifs is 1. The number of nitrogens with one attached hydrogen (secondary N) is 1. The molecule has 0 saturated carbocycles. The Hall–Kier alpha value is -3.17. The Bertz CT molecular complexity index is 1450. The highest BCUT2D eigenvalue weighted by Gasteiger charge is 2.24. The van der Waals surface area contributed by atoms with Crippen molar-refractivity contribution < 1.29 is 14.3 Å². The van der Waals surface area contributed by atoms with Gasteiger partial charge in [-0.2, -0.15) is 0 Å². The van der Waals surface area contributed by atoms with Gasteiger partial charge in [-0.3, -0.25) is 4.79 Å². The molecule has 7 heteroatoms. The summed E-state index contributed by atoms with van der Waals surface area (Å²) in [4.78, 5) is 19.7. The maximum absolute atomic E-state index is 13.5. The smallest absolute Gasteiger partial charge is 0.259 e. The monoisotopic (exact) mass is 650 g/mol. The molecule has 0 atom stereocenters. The Labute approximate surface area is 247 Å². The molecule has 3 aromatic carbocycles. The largest absolute Gasteiger partial charge is 0.493 e. The van der Waals surface area contributed by atoms with Gasteiger partial charge in [0.25, 0.3) is 5.91 Å². The summed E-state index contributed by atoms with van der Waals surface area (Å²) in [6, 6.07) is 23.6. The van der Waals surface area contributed by atoms with Crippen LogP contribution in [0.5, 0.6) is 11.5 Å². The van der Waals surface area contributed by atoms with E-state index in [9.17, 15) is 4.79 Å². The minimum absolute atomic E-state index is 0.0942. The third kappa shape index (κ3) is 6.89. The van der Waals surface area contributed by atoms with Gasteiger partial charge in [-0.05, 0) is 89.2 Å². The van der Waals surface area contributed by atoms with E-state index in [1.54, 1.807) is 18.4 Å². The predicted octanol–water partition coefficient (Wildman–Crippen LogP) is 8.60. The summed E-state index contributed by atoms with van der Waals surface area (Å²) < 4.78 is 12.7. The third-order valence-electron chi connectivity index (χ3n) is 6.72. The number of para-hydroxylation sites is 1. The molecule has 1 N–H and O–H groups in total. The number of aryl methyl sites for hydroxylation is 1. The number of amides is 1. The van der Waals surface area contributed by atoms with Crippen LogP contribution in [0.1, 0.15) is 57.6 Å². The highest BCUT2D eigenvalue weighted by atomic mass is 127. The van der Waals surface area contributed by atoms with Crippen molar-refractivity contribution in [3.63, 3.8) is 0 Å². The van der Waals surface area contributed by atoms with E-state index >= 15 is 0 Å². The normalized spacial score (nSPS) is 13.4. The summed E-state index contributed by atoms with van der Waals surface area (Å²) in [7, 11) is 1.65. The van der Waals surface area contributed by atoms with E-state index in [-0.39, 0.29) is 5.91 Å². The molecule has 1 amide bonds. The summed E-state index contributed by atoms with van der Waals surface area (Å²) in [6.45, 7) is 0.460. The number of nitrogens with zero attached hydrogens (tertiary/aromatic N) is 1. The SMILES string of the molecule is COc1cc(C=Nc2sc3c(c2C(=O)Nc2ccccc2)CCCCCC3)cc(I)c1OCc1ccccc1. The van der Waals surface area contributed by atoms with Gasteiger partial charge >= 0.3 is 0 Å². The molecule has 1 aliphatic rings. The number of hydrogen-bond donors (Lipinski definition) is 1. The molecular formula is C32H31IN2O3S. The zero-order valence-electron chi connectivity index (χ0n) is 21.9. The molecule has 1 aliphatic carbocycles. The van der Waals surface area contributed by atoms with Crippen LogP contribution >= 0.6 is 33.9 Å². The summed E-state index contributed by atoms with van der Waals surface area (Å²) in [5.41, 5.74) is 4.64. The van der Waals surface area contributed by atoms with Crippen molar-refractivity contribution >= 4 is 56.7 Å². The van der Waals surface area contributed by atoms with Crippen molar-refractivity contribution in [1.82, 2.24) is 0 Å². The van der Waals surface area contributed by atoms with Crippen LogP contribution in [0, 0.1) is 3.57 Å². The van der Waals surface area contributed by atoms with E-state index in [0.717, 1.165) is 56.6 Å². The van der Waals surface area contributed by atoms with Crippen molar-refractivity contribution in [2.24, 2.45) is 4.99 Å². The molecule has 0 aliphatic heterocycles. The lowest BCUT2D eigenvalue weighted by Gasteiger charge is -2.13. The lowest BCUT2D eigenvalue weighted by atomic mass is 9.96. The lowest BCUT2D eigenvalue weighted by molar-refractivity contribution is 0.102. The Balaban J connectivity index is 1.44. The fourth-order valence-corrected chi connectivity index (χ4v) is 6.77. The molecular weight excluding hydrogens is 619 g/mol. The van der Waals surface area contributed by atoms with Crippen molar-refractivity contribution in [3.05, 3.63) is 103 Å². The first-order valence-electron chi connectivity index (χ1n) is 13.2. The number of anilines is 1. The molecule has 0 bridgehead atoms. The van der Waals surface area contributed by atoms with Gasteiger partial charge in [0, 0.05) is 16.8 Å². The molecule has 200 valence electrons. The van der Waals surface area contributed by atoms with Crippen molar-refractivity contribution in [2.45, 2.75) is 45.1 Å². The molecule has 1 heterocycles. The first kappa shape index (κ1) is 27.4. The summed E-state index contributed by atoms with van der Waals surface area (Å²) in [5.74, 6) is 1.27. The highest BCUT2D eigenvalue weighted by Crippen LogP contribution is 2.40. The van der Waals surface area contributed by atoms with Gasteiger partial charge in [0.1, 0.15) is 11.6 Å². The highest BCUT2D eigenvalue weighted by molar-refractivity contribution is 14.1. The van der Waals surface area contributed by atoms with Crippen molar-refractivity contribution in [1.29, 1.82) is 0 Å². The summed E-state index contributed by atoms with van der Waals surface area (Å²) >= 11 is 3.92. The average Bonchev–Trinajstić information content (AvgIpc) is 3.28. The van der Waals surface area contributed by atoms with Crippen LogP contribution < -0.4 is 14.8 Å². The van der Waals surface area contributed by atoms with Crippen LogP contribution in [-0.4, -0.2) is 19.2 Å². The van der Waals surface area contributed by atoms with Crippen LogP contribution in [0.25, 0.3) is 0 Å². The van der Waals surface area contributed by atoms with Crippen LogP contribution in [0.2, 0.25) is 0 Å². The van der Waals surface area contributed by atoms with E-state index in [2.05, 4.69) is 27.9 Å². The van der Waals surface area contributed by atoms with Crippen molar-refractivity contribution in [2.75, 3.05) is 12.4 Å². The molecule has 0 fully saturated rings. The zero-order chi connectivity index (χ0) is 27.0. The second kappa shape index (κ2) is 13.3. The van der Waals surface area contributed by atoms with Crippen LogP contribution in [0.4, 0.5) is 10.7 Å². The standard InChI is InChI=1S/C32H31IN2O3S/c1-37-27-19-23(18-26(33)30(27)38-21-22-12-6-4-7-13-22)20-34-32-29(31(36)35-24-14-8-5-9-15-24)25-16-10-2-3-11-17-28(25)39-32/h4-9,12-15,18-20H,2-3,10-11,16-17,21H2,1H3,(H,35,36). The Kier molecular flexibility index (Phi) is 9.32. The van der Waals surface area contributed by atoms with Crippen LogP contribution in [0.3, 0.4) is 0 Å². The summed E-state index contributed by atoms with van der Waals surface area (Å²) in [6.07, 6.45) is 8.42. The van der Waals surface area contributed by atoms with Crippen molar-refractivity contribution in [3.8, 4) is 11.5 Å². The number of hydrogen-bond acceptors (Lipinski definition) is 5. The third-order valence-corrected chi connectivity index (χ3v) is 8.72. The minimum Gasteiger partial charge on any atom is -0.493 e. The van der Waals surface area contributed by atoms with Gasteiger partial charge in [0.05, 0.1) is 16.2 Å². The number of benzene rings is 3. The molecule has 39 heavy (non-hydrogen) atoms. The molecule has 0 unspecified atom stereocenters. The van der Waals surface area contributed by atoms with Gasteiger partial charge in [0.2, 0.25) is 0 Å². The molecule has 0 spiro atoms. The molecule has 0 radical (unpaired) electrons. The van der Waals surface area contributed by atoms with Gasteiger partial charge in [-0.1, -0.05) is 61.4 Å².